The van der Waals surface area contributed by atoms with Crippen LogP contribution in [0.2, 0.25) is 0 Å². The molecule has 68 valence electrons. The van der Waals surface area contributed by atoms with E-state index in [1.807, 2.05) is 0 Å². The number of rotatable bonds is 2. The van der Waals surface area contributed by atoms with E-state index in [1.54, 1.807) is 0 Å². The SMILES string of the molecule is C=CC(=O)NC1COCCOC1. The highest BCUT2D eigenvalue weighted by Gasteiger charge is 2.13. The van der Waals surface area contributed by atoms with Crippen LogP contribution in [0.3, 0.4) is 0 Å². The quantitative estimate of drug-likeness (QED) is 0.580. The molecule has 12 heavy (non-hydrogen) atoms. The molecule has 1 rings (SSSR count). The topological polar surface area (TPSA) is 47.6 Å². The molecule has 0 aliphatic carbocycles. The highest BCUT2D eigenvalue weighted by atomic mass is 16.5. The van der Waals surface area contributed by atoms with Gasteiger partial charge in [-0.05, 0) is 6.08 Å². The van der Waals surface area contributed by atoms with Gasteiger partial charge in [0.2, 0.25) is 5.91 Å². The highest BCUT2D eigenvalue weighted by molar-refractivity contribution is 5.87. The second-order valence-corrected chi connectivity index (χ2v) is 2.56. The van der Waals surface area contributed by atoms with Crippen molar-refractivity contribution in [3.05, 3.63) is 12.7 Å². The van der Waals surface area contributed by atoms with Crippen LogP contribution in [0.15, 0.2) is 12.7 Å². The van der Waals surface area contributed by atoms with Crippen LogP contribution in [0.5, 0.6) is 0 Å². The number of carbonyl (C=O) groups excluding carboxylic acids is 1. The molecule has 0 unspecified atom stereocenters. The molecule has 0 aromatic rings. The van der Waals surface area contributed by atoms with Gasteiger partial charge in [-0.3, -0.25) is 4.79 Å². The first-order valence-corrected chi connectivity index (χ1v) is 3.91. The van der Waals surface area contributed by atoms with Gasteiger partial charge in [0.1, 0.15) is 0 Å². The molecule has 1 fully saturated rings. The minimum Gasteiger partial charge on any atom is -0.377 e. The minimum atomic E-state index is -0.186. The van der Waals surface area contributed by atoms with Gasteiger partial charge < -0.3 is 14.8 Å². The molecular weight excluding hydrogens is 158 g/mol. The van der Waals surface area contributed by atoms with Crippen molar-refractivity contribution in [2.24, 2.45) is 0 Å². The standard InChI is InChI=1S/C8H13NO3/c1-2-8(10)9-7-5-11-3-4-12-6-7/h2,7H,1,3-6H2,(H,9,10). The number of ether oxygens (including phenoxy) is 2. The van der Waals surface area contributed by atoms with Crippen LogP contribution in [0, 0.1) is 0 Å². The Kier molecular flexibility index (Phi) is 3.76. The molecule has 1 aliphatic heterocycles. The van der Waals surface area contributed by atoms with Gasteiger partial charge in [-0.1, -0.05) is 6.58 Å². The monoisotopic (exact) mass is 171 g/mol. The van der Waals surface area contributed by atoms with Gasteiger partial charge in [0.05, 0.1) is 32.5 Å². The molecule has 0 saturated carbocycles. The summed E-state index contributed by atoms with van der Waals surface area (Å²) in [7, 11) is 0. The average molecular weight is 171 g/mol. The van der Waals surface area contributed by atoms with Crippen LogP contribution >= 0.6 is 0 Å². The Morgan fingerprint density at radius 2 is 2.00 bits per heavy atom. The maximum Gasteiger partial charge on any atom is 0.243 e. The van der Waals surface area contributed by atoms with E-state index in [4.69, 9.17) is 9.47 Å². The fourth-order valence-electron chi connectivity index (χ4n) is 0.961. The summed E-state index contributed by atoms with van der Waals surface area (Å²) >= 11 is 0. The first kappa shape index (κ1) is 9.22. The molecule has 0 atom stereocenters. The highest BCUT2D eigenvalue weighted by Crippen LogP contribution is 1.94. The van der Waals surface area contributed by atoms with Gasteiger partial charge >= 0.3 is 0 Å². The van der Waals surface area contributed by atoms with Gasteiger partial charge in [0, 0.05) is 0 Å². The van der Waals surface area contributed by atoms with Crippen molar-refractivity contribution < 1.29 is 14.3 Å². The predicted molar refractivity (Wildman–Crippen MR) is 43.8 cm³/mol. The Hall–Kier alpha value is -0.870. The maximum atomic E-state index is 10.9. The lowest BCUT2D eigenvalue weighted by molar-refractivity contribution is -0.117. The zero-order valence-electron chi connectivity index (χ0n) is 6.91. The summed E-state index contributed by atoms with van der Waals surface area (Å²) in [6.45, 7) is 5.58. The summed E-state index contributed by atoms with van der Waals surface area (Å²) in [5.74, 6) is -0.186. The summed E-state index contributed by atoms with van der Waals surface area (Å²) in [6, 6.07) is -0.0435. The number of amides is 1. The second-order valence-electron chi connectivity index (χ2n) is 2.56. The Morgan fingerprint density at radius 1 is 1.42 bits per heavy atom. The first-order valence-electron chi connectivity index (χ1n) is 3.91. The third-order valence-electron chi connectivity index (χ3n) is 1.54. The maximum absolute atomic E-state index is 10.9. The van der Waals surface area contributed by atoms with Crippen LogP contribution in [0.1, 0.15) is 0 Å². The molecular formula is C8H13NO3. The summed E-state index contributed by atoms with van der Waals surface area (Å²) in [4.78, 5) is 10.9. The van der Waals surface area contributed by atoms with E-state index in [-0.39, 0.29) is 11.9 Å². The third kappa shape index (κ3) is 3.02. The molecule has 4 heteroatoms. The van der Waals surface area contributed by atoms with Gasteiger partial charge in [0.15, 0.2) is 0 Å². The molecule has 1 amide bonds. The molecule has 1 N–H and O–H groups in total. The van der Waals surface area contributed by atoms with E-state index in [0.29, 0.717) is 26.4 Å². The van der Waals surface area contributed by atoms with Crippen molar-refractivity contribution in [2.45, 2.75) is 6.04 Å². The normalized spacial score (nSPS) is 19.7. The number of hydrogen-bond acceptors (Lipinski definition) is 3. The lowest BCUT2D eigenvalue weighted by Crippen LogP contribution is -2.39. The average Bonchev–Trinajstić information content (AvgIpc) is 2.33. The van der Waals surface area contributed by atoms with Gasteiger partial charge in [0.25, 0.3) is 0 Å². The van der Waals surface area contributed by atoms with Crippen molar-refractivity contribution in [2.75, 3.05) is 26.4 Å². The lowest BCUT2D eigenvalue weighted by Gasteiger charge is -2.13. The van der Waals surface area contributed by atoms with E-state index in [0.717, 1.165) is 0 Å². The number of nitrogens with one attached hydrogen (secondary N) is 1. The smallest absolute Gasteiger partial charge is 0.243 e. The molecule has 0 aromatic heterocycles. The third-order valence-corrected chi connectivity index (χ3v) is 1.54. The van der Waals surface area contributed by atoms with Crippen molar-refractivity contribution in [3.8, 4) is 0 Å². The fraction of sp³-hybridized carbons (Fsp3) is 0.625. The Bertz CT molecular complexity index is 162. The van der Waals surface area contributed by atoms with Gasteiger partial charge in [-0.25, -0.2) is 0 Å². The van der Waals surface area contributed by atoms with Crippen LogP contribution in [0.4, 0.5) is 0 Å². The first-order chi connectivity index (χ1) is 5.83. The lowest BCUT2D eigenvalue weighted by atomic mass is 10.3. The van der Waals surface area contributed by atoms with Crippen molar-refractivity contribution in [3.63, 3.8) is 0 Å². The van der Waals surface area contributed by atoms with E-state index in [9.17, 15) is 4.79 Å². The zero-order chi connectivity index (χ0) is 8.81. The number of hydrogen-bond donors (Lipinski definition) is 1. The summed E-state index contributed by atoms with van der Waals surface area (Å²) in [6.07, 6.45) is 1.24. The Morgan fingerprint density at radius 3 is 2.50 bits per heavy atom. The van der Waals surface area contributed by atoms with Crippen molar-refractivity contribution >= 4 is 5.91 Å². The van der Waals surface area contributed by atoms with Gasteiger partial charge in [-0.2, -0.15) is 0 Å². The summed E-state index contributed by atoms with van der Waals surface area (Å²) in [5.41, 5.74) is 0. The number of carbonyl (C=O) groups is 1. The van der Waals surface area contributed by atoms with Gasteiger partial charge in [-0.15, -0.1) is 0 Å². The summed E-state index contributed by atoms with van der Waals surface area (Å²) in [5, 5.41) is 2.70. The van der Waals surface area contributed by atoms with Crippen LogP contribution < -0.4 is 5.32 Å². The molecule has 1 saturated heterocycles. The molecule has 4 nitrogen and oxygen atoms in total. The van der Waals surface area contributed by atoms with Crippen molar-refractivity contribution in [1.29, 1.82) is 0 Å². The van der Waals surface area contributed by atoms with Crippen molar-refractivity contribution in [1.82, 2.24) is 5.32 Å². The summed E-state index contributed by atoms with van der Waals surface area (Å²) < 4.78 is 10.4. The predicted octanol–water partition coefficient (Wildman–Crippen LogP) is -0.296. The molecule has 1 aliphatic rings. The second kappa shape index (κ2) is 4.90. The van der Waals surface area contributed by atoms with E-state index in [2.05, 4.69) is 11.9 Å². The molecule has 0 spiro atoms. The molecule has 0 aromatic carbocycles. The van der Waals surface area contributed by atoms with E-state index >= 15 is 0 Å². The Labute approximate surface area is 71.5 Å². The van der Waals surface area contributed by atoms with Crippen LogP contribution in [-0.2, 0) is 14.3 Å². The zero-order valence-corrected chi connectivity index (χ0v) is 6.91. The largest absolute Gasteiger partial charge is 0.377 e. The Balaban J connectivity index is 2.29. The molecule has 1 heterocycles. The molecule has 0 radical (unpaired) electrons. The minimum absolute atomic E-state index is 0.0435. The van der Waals surface area contributed by atoms with E-state index < -0.39 is 0 Å². The van der Waals surface area contributed by atoms with Crippen LogP contribution in [0.25, 0.3) is 0 Å². The van der Waals surface area contributed by atoms with Crippen LogP contribution in [-0.4, -0.2) is 38.4 Å². The molecule has 0 bridgehead atoms. The van der Waals surface area contributed by atoms with E-state index in [1.165, 1.54) is 6.08 Å². The fourth-order valence-corrected chi connectivity index (χ4v) is 0.961.